The fourth-order valence-electron chi connectivity index (χ4n) is 5.22. The van der Waals surface area contributed by atoms with Crippen LogP contribution in [0.5, 0.6) is 0 Å². The first-order valence-electron chi connectivity index (χ1n) is 12.4. The molecular weight excluding hydrogens is 471 g/mol. The Kier molecular flexibility index (Phi) is 7.18. The number of hydrogen-bond donors (Lipinski definition) is 4. The summed E-state index contributed by atoms with van der Waals surface area (Å²) in [5, 5.41) is 15.5. The first kappa shape index (κ1) is 24.5. The van der Waals surface area contributed by atoms with Crippen LogP contribution in [0.3, 0.4) is 0 Å². The molecule has 1 aromatic heterocycles. The zero-order valence-electron chi connectivity index (χ0n) is 20.3. The third-order valence-electron chi connectivity index (χ3n) is 6.95. The zero-order valence-corrected chi connectivity index (χ0v) is 20.3. The molecule has 1 aliphatic rings. The first-order valence-corrected chi connectivity index (χ1v) is 12.4. The van der Waals surface area contributed by atoms with Crippen molar-refractivity contribution in [1.29, 1.82) is 0 Å². The SMILES string of the molecule is O=C(O)NC[C@H]1C[C@@H](CNC(=O)c2[nH]c3ccccc3c2-c2ccc(F)cc2)N(Cc2ccccc2)C1. The van der Waals surface area contributed by atoms with Gasteiger partial charge >= 0.3 is 6.09 Å². The van der Waals surface area contributed by atoms with E-state index < -0.39 is 6.09 Å². The normalized spacial score (nSPS) is 17.6. The number of carbonyl (C=O) groups is 2. The number of carboxylic acid groups (broad SMARTS) is 1. The van der Waals surface area contributed by atoms with E-state index in [2.05, 4.69) is 32.7 Å². The van der Waals surface area contributed by atoms with E-state index in [1.165, 1.54) is 17.7 Å². The second-order valence-corrected chi connectivity index (χ2v) is 9.49. The van der Waals surface area contributed by atoms with Crippen LogP contribution >= 0.6 is 0 Å². The molecule has 1 aliphatic heterocycles. The Morgan fingerprint density at radius 1 is 0.946 bits per heavy atom. The number of hydrogen-bond acceptors (Lipinski definition) is 3. The van der Waals surface area contributed by atoms with Crippen molar-refractivity contribution in [3.05, 3.63) is 95.9 Å². The van der Waals surface area contributed by atoms with Crippen LogP contribution in [0.1, 0.15) is 22.5 Å². The predicted octanol–water partition coefficient (Wildman–Crippen LogP) is 4.86. The summed E-state index contributed by atoms with van der Waals surface area (Å²) >= 11 is 0. The number of fused-ring (bicyclic) bond motifs is 1. The molecule has 2 atom stereocenters. The number of aromatic nitrogens is 1. The van der Waals surface area contributed by atoms with E-state index >= 15 is 0 Å². The van der Waals surface area contributed by atoms with Crippen LogP contribution in [0.15, 0.2) is 78.9 Å². The number of nitrogens with one attached hydrogen (secondary N) is 3. The Hall–Kier alpha value is -4.17. The molecule has 5 rings (SSSR count). The van der Waals surface area contributed by atoms with Gasteiger partial charge in [0.05, 0.1) is 0 Å². The van der Waals surface area contributed by atoms with Crippen molar-refractivity contribution in [2.45, 2.75) is 19.0 Å². The monoisotopic (exact) mass is 500 g/mol. The lowest BCUT2D eigenvalue weighted by Crippen LogP contribution is -2.40. The number of halogens is 1. The number of rotatable bonds is 8. The van der Waals surface area contributed by atoms with Gasteiger partial charge in [0.2, 0.25) is 0 Å². The number of para-hydroxylation sites is 1. The maximum atomic E-state index is 13.6. The first-order chi connectivity index (χ1) is 18.0. The minimum absolute atomic E-state index is 0.0587. The standard InChI is InChI=1S/C29H29FN4O3/c30-22-12-10-21(11-13-22)26-24-8-4-5-9-25(24)33-27(26)28(35)31-16-23-14-20(15-32-29(36)37)18-34(23)17-19-6-2-1-3-7-19/h1-13,20,23,32-33H,14-18H2,(H,31,35)(H,36,37)/t20-,23+/m1/s1. The Balaban J connectivity index is 1.35. The molecule has 0 bridgehead atoms. The quantitative estimate of drug-likeness (QED) is 0.278. The molecule has 4 aromatic rings. The van der Waals surface area contributed by atoms with E-state index in [4.69, 9.17) is 5.11 Å². The molecule has 37 heavy (non-hydrogen) atoms. The average molecular weight is 501 g/mol. The molecule has 0 radical (unpaired) electrons. The van der Waals surface area contributed by atoms with Gasteiger partial charge in [-0.3, -0.25) is 9.69 Å². The van der Waals surface area contributed by atoms with Crippen molar-refractivity contribution in [2.24, 2.45) is 5.92 Å². The molecule has 0 saturated carbocycles. The third kappa shape index (κ3) is 5.65. The minimum atomic E-state index is -1.03. The molecule has 7 nitrogen and oxygen atoms in total. The van der Waals surface area contributed by atoms with Gasteiger partial charge in [-0.1, -0.05) is 60.7 Å². The second kappa shape index (κ2) is 10.8. The van der Waals surface area contributed by atoms with Crippen LogP contribution in [0.25, 0.3) is 22.0 Å². The second-order valence-electron chi connectivity index (χ2n) is 9.49. The van der Waals surface area contributed by atoms with Gasteiger partial charge in [-0.05, 0) is 41.7 Å². The summed E-state index contributed by atoms with van der Waals surface area (Å²) < 4.78 is 13.6. The Bertz CT molecular complexity index is 1390. The maximum absolute atomic E-state index is 13.6. The average Bonchev–Trinajstić information content (AvgIpc) is 3.48. The smallest absolute Gasteiger partial charge is 0.404 e. The fraction of sp³-hybridized carbons (Fsp3) is 0.241. The molecule has 1 fully saturated rings. The van der Waals surface area contributed by atoms with Gasteiger partial charge in [-0.25, -0.2) is 9.18 Å². The van der Waals surface area contributed by atoms with Gasteiger partial charge in [0.25, 0.3) is 5.91 Å². The van der Waals surface area contributed by atoms with E-state index in [-0.39, 0.29) is 23.7 Å². The van der Waals surface area contributed by atoms with Crippen LogP contribution in [0, 0.1) is 11.7 Å². The van der Waals surface area contributed by atoms with Crippen molar-refractivity contribution < 1.29 is 19.1 Å². The number of benzene rings is 3. The van der Waals surface area contributed by atoms with Gasteiger partial charge in [-0.15, -0.1) is 0 Å². The Labute approximate surface area is 214 Å². The minimum Gasteiger partial charge on any atom is -0.465 e. The van der Waals surface area contributed by atoms with Crippen LogP contribution in [0.4, 0.5) is 9.18 Å². The highest BCUT2D eigenvalue weighted by atomic mass is 19.1. The number of carbonyl (C=O) groups excluding carboxylic acids is 1. The highest BCUT2D eigenvalue weighted by Gasteiger charge is 2.32. The summed E-state index contributed by atoms with van der Waals surface area (Å²) in [7, 11) is 0. The van der Waals surface area contributed by atoms with E-state index in [0.717, 1.165) is 41.5 Å². The van der Waals surface area contributed by atoms with E-state index in [1.54, 1.807) is 12.1 Å². The van der Waals surface area contributed by atoms with Crippen molar-refractivity contribution >= 4 is 22.9 Å². The number of aromatic amines is 1. The molecule has 0 unspecified atom stereocenters. The molecule has 2 amide bonds. The van der Waals surface area contributed by atoms with Gasteiger partial charge in [-0.2, -0.15) is 0 Å². The number of amides is 2. The summed E-state index contributed by atoms with van der Waals surface area (Å²) in [6.45, 7) is 2.26. The predicted molar refractivity (Wildman–Crippen MR) is 141 cm³/mol. The highest BCUT2D eigenvalue weighted by Crippen LogP contribution is 2.33. The summed E-state index contributed by atoms with van der Waals surface area (Å²) in [6, 6.07) is 24.0. The summed E-state index contributed by atoms with van der Waals surface area (Å²) in [5.74, 6) is -0.409. The third-order valence-corrected chi connectivity index (χ3v) is 6.95. The van der Waals surface area contributed by atoms with Gasteiger partial charge in [0.1, 0.15) is 11.5 Å². The van der Waals surface area contributed by atoms with Gasteiger partial charge < -0.3 is 20.7 Å². The molecule has 0 aliphatic carbocycles. The molecule has 1 saturated heterocycles. The van der Waals surface area contributed by atoms with E-state index in [1.807, 2.05) is 42.5 Å². The van der Waals surface area contributed by atoms with Crippen LogP contribution in [0.2, 0.25) is 0 Å². The largest absolute Gasteiger partial charge is 0.465 e. The zero-order chi connectivity index (χ0) is 25.8. The van der Waals surface area contributed by atoms with Crippen molar-refractivity contribution in [1.82, 2.24) is 20.5 Å². The molecular formula is C29H29FN4O3. The van der Waals surface area contributed by atoms with Crippen molar-refractivity contribution in [3.8, 4) is 11.1 Å². The summed E-state index contributed by atoms with van der Waals surface area (Å²) in [4.78, 5) is 30.0. The van der Waals surface area contributed by atoms with Crippen LogP contribution in [-0.4, -0.2) is 52.7 Å². The lowest BCUT2D eigenvalue weighted by molar-refractivity contribution is 0.0936. The molecule has 0 spiro atoms. The van der Waals surface area contributed by atoms with Crippen LogP contribution < -0.4 is 10.6 Å². The number of likely N-dealkylation sites (tertiary alicyclic amines) is 1. The summed E-state index contributed by atoms with van der Waals surface area (Å²) in [6.07, 6.45) is -0.260. The lowest BCUT2D eigenvalue weighted by atomic mass is 10.0. The molecule has 8 heteroatoms. The molecule has 190 valence electrons. The fourth-order valence-corrected chi connectivity index (χ4v) is 5.22. The summed E-state index contributed by atoms with van der Waals surface area (Å²) in [5.41, 5.74) is 3.93. The highest BCUT2D eigenvalue weighted by molar-refractivity contribution is 6.09. The van der Waals surface area contributed by atoms with Crippen LogP contribution in [-0.2, 0) is 6.54 Å². The lowest BCUT2D eigenvalue weighted by Gasteiger charge is -2.24. The molecule has 4 N–H and O–H groups in total. The number of nitrogens with zero attached hydrogens (tertiary/aromatic N) is 1. The van der Waals surface area contributed by atoms with E-state index in [9.17, 15) is 14.0 Å². The topological polar surface area (TPSA) is 97.5 Å². The molecule has 3 aromatic carbocycles. The Morgan fingerprint density at radius 3 is 2.43 bits per heavy atom. The maximum Gasteiger partial charge on any atom is 0.404 e. The van der Waals surface area contributed by atoms with Gasteiger partial charge in [0, 0.05) is 48.7 Å². The Morgan fingerprint density at radius 2 is 1.68 bits per heavy atom. The van der Waals surface area contributed by atoms with Crippen molar-refractivity contribution in [2.75, 3.05) is 19.6 Å². The number of H-pyrrole nitrogens is 1. The molecule has 2 heterocycles. The van der Waals surface area contributed by atoms with E-state index in [0.29, 0.717) is 18.8 Å². The van der Waals surface area contributed by atoms with Gasteiger partial charge in [0.15, 0.2) is 0 Å². The van der Waals surface area contributed by atoms with Crippen molar-refractivity contribution in [3.63, 3.8) is 0 Å².